The zero-order valence-electron chi connectivity index (χ0n) is 15.6. The Morgan fingerprint density at radius 2 is 1.85 bits per heavy atom. The van der Waals surface area contributed by atoms with Crippen LogP contribution in [0.25, 0.3) is 11.0 Å². The average Bonchev–Trinajstić information content (AvgIpc) is 3.18. The summed E-state index contributed by atoms with van der Waals surface area (Å²) in [4.78, 5) is 23.3. The molecule has 26 heavy (non-hydrogen) atoms. The minimum Gasteiger partial charge on any atom is -0.385 e. The molecule has 0 saturated heterocycles. The average molecular weight is 362 g/mol. The molecule has 1 aliphatic carbocycles. The first kappa shape index (κ1) is 18.4. The molecule has 1 aromatic carbocycles. The van der Waals surface area contributed by atoms with E-state index in [9.17, 15) is 14.9 Å². The van der Waals surface area contributed by atoms with Gasteiger partial charge < -0.3 is 10.1 Å². The number of nitro groups is 1. The molecular formula is C18H26N4O4. The molecule has 0 atom stereocenters. The zero-order valence-corrected chi connectivity index (χ0v) is 15.6. The van der Waals surface area contributed by atoms with Gasteiger partial charge in [0.1, 0.15) is 5.69 Å². The molecule has 0 spiro atoms. The topological polar surface area (TPSA) is 91.3 Å². The van der Waals surface area contributed by atoms with Gasteiger partial charge in [-0.2, -0.15) is 0 Å². The summed E-state index contributed by atoms with van der Waals surface area (Å²) in [7, 11) is 5.00. The van der Waals surface area contributed by atoms with E-state index in [4.69, 9.17) is 4.74 Å². The smallest absolute Gasteiger partial charge is 0.328 e. The van der Waals surface area contributed by atoms with Crippen molar-refractivity contribution in [3.05, 3.63) is 32.7 Å². The Labute approximate surface area is 151 Å². The number of aromatic nitrogens is 2. The number of nitrogens with zero attached hydrogens (tertiary/aromatic N) is 3. The lowest BCUT2D eigenvalue weighted by Crippen LogP contribution is -2.28. The Morgan fingerprint density at radius 1 is 1.23 bits per heavy atom. The first-order valence-corrected chi connectivity index (χ1v) is 8.95. The number of hydrogen-bond donors (Lipinski definition) is 1. The summed E-state index contributed by atoms with van der Waals surface area (Å²) in [6.45, 7) is 1.36. The predicted molar refractivity (Wildman–Crippen MR) is 101 cm³/mol. The molecule has 142 valence electrons. The Balaban J connectivity index is 1.95. The molecule has 1 aromatic heterocycles. The van der Waals surface area contributed by atoms with Crippen LogP contribution in [0, 0.1) is 15.5 Å². The minimum absolute atomic E-state index is 0.00131. The largest absolute Gasteiger partial charge is 0.385 e. The van der Waals surface area contributed by atoms with E-state index in [1.54, 1.807) is 27.3 Å². The van der Waals surface area contributed by atoms with Crippen molar-refractivity contribution in [2.24, 2.45) is 19.5 Å². The van der Waals surface area contributed by atoms with Gasteiger partial charge in [0.05, 0.1) is 16.0 Å². The number of methoxy groups -OCH3 is 1. The quantitative estimate of drug-likeness (QED) is 0.604. The van der Waals surface area contributed by atoms with Crippen molar-refractivity contribution in [1.82, 2.24) is 9.13 Å². The molecule has 0 radical (unpaired) electrons. The normalized spacial score (nSPS) is 16.3. The van der Waals surface area contributed by atoms with Gasteiger partial charge in [-0.25, -0.2) is 4.79 Å². The predicted octanol–water partition coefficient (Wildman–Crippen LogP) is 2.79. The number of anilines is 1. The lowest BCUT2D eigenvalue weighted by atomic mass is 9.83. The van der Waals surface area contributed by atoms with Crippen LogP contribution in [0.5, 0.6) is 0 Å². The summed E-state index contributed by atoms with van der Waals surface area (Å²) in [5, 5.41) is 14.9. The third kappa shape index (κ3) is 3.21. The van der Waals surface area contributed by atoms with Crippen LogP contribution < -0.4 is 11.0 Å². The highest BCUT2D eigenvalue weighted by atomic mass is 16.6. The van der Waals surface area contributed by atoms with Crippen LogP contribution in [0.2, 0.25) is 0 Å². The number of nitrogens with one attached hydrogen (secondary N) is 1. The third-order valence-electron chi connectivity index (χ3n) is 5.74. The summed E-state index contributed by atoms with van der Waals surface area (Å²) in [5.74, 6) is 0. The minimum atomic E-state index is -0.393. The molecule has 1 aliphatic rings. The fourth-order valence-electron chi connectivity index (χ4n) is 4.07. The molecule has 1 fully saturated rings. The fraction of sp³-hybridized carbons (Fsp3) is 0.611. The Hall–Kier alpha value is -2.35. The van der Waals surface area contributed by atoms with Crippen LogP contribution >= 0.6 is 0 Å². The Bertz CT molecular complexity index is 877. The standard InChI is InChI=1S/C18H26N4O4/c1-20-15-10-13(14(22(24)25)11-16(15)21(2)17(20)23)19-12-18(8-9-26-3)6-4-5-7-18/h10-11,19H,4-9,12H2,1-3H3. The van der Waals surface area contributed by atoms with E-state index < -0.39 is 4.92 Å². The van der Waals surface area contributed by atoms with Gasteiger partial charge in [-0.1, -0.05) is 12.8 Å². The van der Waals surface area contributed by atoms with E-state index in [-0.39, 0.29) is 16.8 Å². The van der Waals surface area contributed by atoms with Crippen molar-refractivity contribution < 1.29 is 9.66 Å². The van der Waals surface area contributed by atoms with Gasteiger partial charge >= 0.3 is 5.69 Å². The molecule has 1 saturated carbocycles. The van der Waals surface area contributed by atoms with E-state index in [0.717, 1.165) is 19.3 Å². The Morgan fingerprint density at radius 3 is 2.42 bits per heavy atom. The maximum Gasteiger partial charge on any atom is 0.328 e. The van der Waals surface area contributed by atoms with Gasteiger partial charge in [0.25, 0.3) is 5.69 Å². The molecule has 1 N–H and O–H groups in total. The maximum absolute atomic E-state index is 12.1. The second-order valence-corrected chi connectivity index (χ2v) is 7.32. The number of nitro benzene ring substituents is 1. The van der Waals surface area contributed by atoms with E-state index in [0.29, 0.717) is 29.9 Å². The summed E-state index contributed by atoms with van der Waals surface area (Å²) >= 11 is 0. The van der Waals surface area contributed by atoms with Gasteiger partial charge in [-0.05, 0) is 30.7 Å². The van der Waals surface area contributed by atoms with Crippen molar-refractivity contribution in [2.75, 3.05) is 25.6 Å². The number of hydrogen-bond acceptors (Lipinski definition) is 5. The summed E-state index contributed by atoms with van der Waals surface area (Å²) in [5.41, 5.74) is 1.62. The maximum atomic E-state index is 12.1. The van der Waals surface area contributed by atoms with Gasteiger partial charge in [-0.15, -0.1) is 0 Å². The van der Waals surface area contributed by atoms with Crippen LogP contribution in [-0.4, -0.2) is 34.3 Å². The molecular weight excluding hydrogens is 336 g/mol. The number of benzene rings is 1. The molecule has 2 aromatic rings. The van der Waals surface area contributed by atoms with Crippen molar-refractivity contribution >= 4 is 22.4 Å². The highest BCUT2D eigenvalue weighted by molar-refractivity contribution is 5.85. The van der Waals surface area contributed by atoms with E-state index in [1.807, 2.05) is 0 Å². The van der Waals surface area contributed by atoms with Crippen molar-refractivity contribution in [3.8, 4) is 0 Å². The fourth-order valence-corrected chi connectivity index (χ4v) is 4.07. The summed E-state index contributed by atoms with van der Waals surface area (Å²) in [6, 6.07) is 3.20. The number of imidazole rings is 1. The summed E-state index contributed by atoms with van der Waals surface area (Å²) < 4.78 is 8.20. The molecule has 8 heteroatoms. The second kappa shape index (κ2) is 7.11. The highest BCUT2D eigenvalue weighted by Gasteiger charge is 2.34. The molecule has 8 nitrogen and oxygen atoms in total. The summed E-state index contributed by atoms with van der Waals surface area (Å²) in [6.07, 6.45) is 5.50. The van der Waals surface area contributed by atoms with Crippen LogP contribution in [0.4, 0.5) is 11.4 Å². The van der Waals surface area contributed by atoms with Gasteiger partial charge in [0, 0.05) is 40.4 Å². The Kier molecular flexibility index (Phi) is 5.04. The lowest BCUT2D eigenvalue weighted by Gasteiger charge is -2.29. The number of rotatable bonds is 7. The van der Waals surface area contributed by atoms with Crippen molar-refractivity contribution in [1.29, 1.82) is 0 Å². The molecule has 0 amide bonds. The lowest BCUT2D eigenvalue weighted by molar-refractivity contribution is -0.383. The molecule has 1 heterocycles. The third-order valence-corrected chi connectivity index (χ3v) is 5.74. The second-order valence-electron chi connectivity index (χ2n) is 7.32. The first-order chi connectivity index (χ1) is 12.4. The molecule has 0 bridgehead atoms. The van der Waals surface area contributed by atoms with E-state index >= 15 is 0 Å². The van der Waals surface area contributed by atoms with Gasteiger partial charge in [0.15, 0.2) is 0 Å². The molecule has 3 rings (SSSR count). The SMILES string of the molecule is COCCC1(CNc2cc3c(cc2[N+](=O)[O-])n(C)c(=O)n3C)CCCC1. The van der Waals surface area contributed by atoms with Crippen LogP contribution in [0.3, 0.4) is 0 Å². The number of aryl methyl sites for hydroxylation is 2. The van der Waals surface area contributed by atoms with Crippen LogP contribution in [0.15, 0.2) is 16.9 Å². The van der Waals surface area contributed by atoms with Crippen molar-refractivity contribution in [3.63, 3.8) is 0 Å². The van der Waals surface area contributed by atoms with Crippen molar-refractivity contribution in [2.45, 2.75) is 32.1 Å². The molecule has 0 aliphatic heterocycles. The van der Waals surface area contributed by atoms with E-state index in [2.05, 4.69) is 5.32 Å². The molecule has 0 unspecified atom stereocenters. The van der Waals surface area contributed by atoms with E-state index in [1.165, 1.54) is 28.0 Å². The van der Waals surface area contributed by atoms with Gasteiger partial charge in [-0.3, -0.25) is 19.2 Å². The van der Waals surface area contributed by atoms with Gasteiger partial charge in [0.2, 0.25) is 0 Å². The van der Waals surface area contributed by atoms with Crippen LogP contribution in [-0.2, 0) is 18.8 Å². The monoisotopic (exact) mass is 362 g/mol. The number of fused-ring (bicyclic) bond motifs is 1. The van der Waals surface area contributed by atoms with Crippen LogP contribution in [0.1, 0.15) is 32.1 Å². The highest BCUT2D eigenvalue weighted by Crippen LogP contribution is 2.42. The first-order valence-electron chi connectivity index (χ1n) is 8.95. The zero-order chi connectivity index (χ0) is 18.9. The number of ether oxygens (including phenoxy) is 1.